The molecule has 2 aromatic rings. The molecule has 2 heterocycles. The monoisotopic (exact) mass is 305 g/mol. The van der Waals surface area contributed by atoms with Crippen LogP contribution in [0.2, 0.25) is 0 Å². The molecule has 3 rings (SSSR count). The molecule has 1 saturated heterocycles. The quantitative estimate of drug-likeness (QED) is 0.792. The van der Waals surface area contributed by atoms with Crippen molar-refractivity contribution in [1.82, 2.24) is 14.5 Å². The van der Waals surface area contributed by atoms with Crippen LogP contribution in [-0.4, -0.2) is 34.1 Å². The lowest BCUT2D eigenvalue weighted by Crippen LogP contribution is -2.35. The molecule has 1 aromatic carbocycles. The van der Waals surface area contributed by atoms with E-state index in [1.807, 2.05) is 0 Å². The molecule has 0 bridgehead atoms. The molecule has 0 amide bonds. The van der Waals surface area contributed by atoms with Crippen LogP contribution in [0.15, 0.2) is 18.2 Å². The van der Waals surface area contributed by atoms with Crippen LogP contribution < -0.4 is 0 Å². The normalized spacial score (nSPS) is 17.7. The summed E-state index contributed by atoms with van der Waals surface area (Å²) >= 11 is 6.16. The highest BCUT2D eigenvalue weighted by Gasteiger charge is 2.24. The molecule has 0 saturated carbocycles. The second kappa shape index (κ2) is 6.37. The molecule has 4 heteroatoms. The summed E-state index contributed by atoms with van der Waals surface area (Å²) in [6.07, 6.45) is 3.64. The molecule has 0 radical (unpaired) electrons. The van der Waals surface area contributed by atoms with Gasteiger partial charge in [-0.05, 0) is 44.4 Å². The lowest BCUT2D eigenvalue weighted by Gasteiger charge is -2.33. The molecule has 0 unspecified atom stereocenters. The van der Waals surface area contributed by atoms with Gasteiger partial charge in [-0.3, -0.25) is 0 Å². The van der Waals surface area contributed by atoms with Crippen molar-refractivity contribution >= 4 is 22.6 Å². The molecule has 0 spiro atoms. The van der Waals surface area contributed by atoms with Crippen molar-refractivity contribution in [2.45, 2.75) is 45.0 Å². The molecule has 1 aliphatic rings. The lowest BCUT2D eigenvalue weighted by atomic mass is 10.0. The predicted octanol–water partition coefficient (Wildman–Crippen LogP) is 4.13. The SMILES string of the molecule is CCCN1CCC(n2c(CCl)nc3cccc(C)c32)CC1. The number of aromatic nitrogens is 2. The fraction of sp³-hybridized carbons (Fsp3) is 0.588. The summed E-state index contributed by atoms with van der Waals surface area (Å²) in [5, 5.41) is 0. The van der Waals surface area contributed by atoms with Crippen LogP contribution >= 0.6 is 11.6 Å². The Balaban J connectivity index is 1.93. The molecule has 3 nitrogen and oxygen atoms in total. The summed E-state index contributed by atoms with van der Waals surface area (Å²) in [4.78, 5) is 7.31. The highest BCUT2D eigenvalue weighted by Crippen LogP contribution is 2.31. The van der Waals surface area contributed by atoms with Crippen LogP contribution in [0.4, 0.5) is 0 Å². The van der Waals surface area contributed by atoms with Crippen LogP contribution in [0.1, 0.15) is 43.6 Å². The Morgan fingerprint density at radius 2 is 2.05 bits per heavy atom. The largest absolute Gasteiger partial charge is 0.324 e. The number of piperidine rings is 1. The van der Waals surface area contributed by atoms with E-state index in [2.05, 4.69) is 41.5 Å². The number of para-hydroxylation sites is 1. The second-order valence-corrected chi connectivity index (χ2v) is 6.31. The summed E-state index contributed by atoms with van der Waals surface area (Å²) < 4.78 is 2.42. The second-order valence-electron chi connectivity index (χ2n) is 6.05. The number of aryl methyl sites for hydroxylation is 1. The Morgan fingerprint density at radius 1 is 1.29 bits per heavy atom. The fourth-order valence-electron chi connectivity index (χ4n) is 3.57. The van der Waals surface area contributed by atoms with E-state index in [9.17, 15) is 0 Å². The molecule has 1 fully saturated rings. The molecular formula is C17H24ClN3. The summed E-state index contributed by atoms with van der Waals surface area (Å²) in [6.45, 7) is 8.02. The Morgan fingerprint density at radius 3 is 2.71 bits per heavy atom. The van der Waals surface area contributed by atoms with Gasteiger partial charge in [-0.1, -0.05) is 19.1 Å². The first-order valence-corrected chi connectivity index (χ1v) is 8.52. The number of benzene rings is 1. The van der Waals surface area contributed by atoms with Crippen molar-refractivity contribution in [3.63, 3.8) is 0 Å². The fourth-order valence-corrected chi connectivity index (χ4v) is 3.76. The number of nitrogens with zero attached hydrogens (tertiary/aromatic N) is 3. The number of halogens is 1. The first-order chi connectivity index (χ1) is 10.2. The lowest BCUT2D eigenvalue weighted by molar-refractivity contribution is 0.187. The summed E-state index contributed by atoms with van der Waals surface area (Å²) in [7, 11) is 0. The minimum atomic E-state index is 0.489. The van der Waals surface area contributed by atoms with Gasteiger partial charge in [0.15, 0.2) is 0 Å². The highest BCUT2D eigenvalue weighted by molar-refractivity contribution is 6.16. The topological polar surface area (TPSA) is 21.1 Å². The van der Waals surface area contributed by atoms with E-state index in [4.69, 9.17) is 16.6 Å². The van der Waals surface area contributed by atoms with Gasteiger partial charge in [0.1, 0.15) is 5.82 Å². The molecule has 0 aliphatic carbocycles. The third-order valence-electron chi connectivity index (χ3n) is 4.57. The van der Waals surface area contributed by atoms with E-state index in [0.717, 1.165) is 11.3 Å². The molecule has 1 aliphatic heterocycles. The number of alkyl halides is 1. The average molecular weight is 306 g/mol. The minimum absolute atomic E-state index is 0.489. The standard InChI is InChI=1S/C17H24ClN3/c1-3-9-20-10-7-14(8-11-20)21-16(12-18)19-15-6-4-5-13(2)17(15)21/h4-6,14H,3,7-12H2,1-2H3. The highest BCUT2D eigenvalue weighted by atomic mass is 35.5. The Labute approximate surface area is 131 Å². The van der Waals surface area contributed by atoms with Gasteiger partial charge >= 0.3 is 0 Å². The van der Waals surface area contributed by atoms with E-state index in [-0.39, 0.29) is 0 Å². The van der Waals surface area contributed by atoms with Crippen LogP contribution in [-0.2, 0) is 5.88 Å². The smallest absolute Gasteiger partial charge is 0.125 e. The summed E-state index contributed by atoms with van der Waals surface area (Å²) in [5.74, 6) is 1.51. The molecule has 0 N–H and O–H groups in total. The zero-order valence-corrected chi connectivity index (χ0v) is 13.7. The number of hydrogen-bond acceptors (Lipinski definition) is 2. The van der Waals surface area contributed by atoms with Crippen molar-refractivity contribution in [3.05, 3.63) is 29.6 Å². The van der Waals surface area contributed by atoms with E-state index in [0.29, 0.717) is 11.9 Å². The summed E-state index contributed by atoms with van der Waals surface area (Å²) in [5.41, 5.74) is 3.66. The molecule has 1 aromatic heterocycles. The maximum Gasteiger partial charge on any atom is 0.125 e. The molecule has 0 atom stereocenters. The van der Waals surface area contributed by atoms with E-state index in [1.165, 1.54) is 50.0 Å². The van der Waals surface area contributed by atoms with Crippen molar-refractivity contribution in [2.24, 2.45) is 0 Å². The predicted molar refractivity (Wildman–Crippen MR) is 89.0 cm³/mol. The number of fused-ring (bicyclic) bond motifs is 1. The Bertz CT molecular complexity index is 612. The van der Waals surface area contributed by atoms with Crippen LogP contribution in [0.3, 0.4) is 0 Å². The van der Waals surface area contributed by atoms with Crippen LogP contribution in [0.25, 0.3) is 11.0 Å². The summed E-state index contributed by atoms with van der Waals surface area (Å²) in [6, 6.07) is 6.89. The van der Waals surface area contributed by atoms with E-state index >= 15 is 0 Å². The molecule has 114 valence electrons. The maximum atomic E-state index is 6.16. The number of imidazole rings is 1. The average Bonchev–Trinajstić information content (AvgIpc) is 2.88. The maximum absolute atomic E-state index is 6.16. The third-order valence-corrected chi connectivity index (χ3v) is 4.81. The zero-order valence-electron chi connectivity index (χ0n) is 13.0. The van der Waals surface area contributed by atoms with E-state index in [1.54, 1.807) is 0 Å². The van der Waals surface area contributed by atoms with Crippen LogP contribution in [0.5, 0.6) is 0 Å². The van der Waals surface area contributed by atoms with E-state index < -0.39 is 0 Å². The van der Waals surface area contributed by atoms with Crippen molar-refractivity contribution in [3.8, 4) is 0 Å². The van der Waals surface area contributed by atoms with Gasteiger partial charge in [-0.2, -0.15) is 0 Å². The van der Waals surface area contributed by atoms with Gasteiger partial charge in [0.2, 0.25) is 0 Å². The van der Waals surface area contributed by atoms with Gasteiger partial charge in [0.05, 0.1) is 16.9 Å². The van der Waals surface area contributed by atoms with Gasteiger partial charge in [0, 0.05) is 19.1 Å². The number of rotatable bonds is 4. The van der Waals surface area contributed by atoms with Crippen molar-refractivity contribution in [2.75, 3.05) is 19.6 Å². The van der Waals surface area contributed by atoms with Gasteiger partial charge in [-0.15, -0.1) is 11.6 Å². The number of likely N-dealkylation sites (tertiary alicyclic amines) is 1. The molecular weight excluding hydrogens is 282 g/mol. The Hall–Kier alpha value is -1.06. The zero-order chi connectivity index (χ0) is 14.8. The van der Waals surface area contributed by atoms with Gasteiger partial charge in [0.25, 0.3) is 0 Å². The third kappa shape index (κ3) is 2.82. The first-order valence-electron chi connectivity index (χ1n) is 7.99. The molecule has 21 heavy (non-hydrogen) atoms. The minimum Gasteiger partial charge on any atom is -0.324 e. The van der Waals surface area contributed by atoms with Crippen molar-refractivity contribution in [1.29, 1.82) is 0 Å². The van der Waals surface area contributed by atoms with Crippen LogP contribution in [0, 0.1) is 6.92 Å². The Kier molecular flexibility index (Phi) is 4.51. The van der Waals surface area contributed by atoms with Gasteiger partial charge < -0.3 is 9.47 Å². The van der Waals surface area contributed by atoms with Crippen molar-refractivity contribution < 1.29 is 0 Å². The van der Waals surface area contributed by atoms with Gasteiger partial charge in [-0.25, -0.2) is 4.98 Å². The number of hydrogen-bond donors (Lipinski definition) is 0. The first kappa shape index (κ1) is 14.9.